The van der Waals surface area contributed by atoms with Gasteiger partial charge in [-0.05, 0) is 93.7 Å². The monoisotopic (exact) mass is 364 g/mol. The lowest BCUT2D eigenvalue weighted by molar-refractivity contribution is 0.158. The van der Waals surface area contributed by atoms with Crippen LogP contribution >= 0.6 is 0 Å². The molecule has 1 aromatic rings. The van der Waals surface area contributed by atoms with Crippen LogP contribution in [0.3, 0.4) is 0 Å². The summed E-state index contributed by atoms with van der Waals surface area (Å²) in [5.41, 5.74) is 0.809. The topological polar surface area (TPSA) is 9.23 Å². The fourth-order valence-corrected chi connectivity index (χ4v) is 5.16. The third-order valence-electron chi connectivity index (χ3n) is 6.75. The third kappa shape index (κ3) is 4.58. The Kier molecular flexibility index (Phi) is 6.58. The van der Waals surface area contributed by atoms with Gasteiger partial charge in [0.05, 0.1) is 6.10 Å². The van der Waals surface area contributed by atoms with Crippen molar-refractivity contribution >= 4 is 0 Å². The number of hydrogen-bond donors (Lipinski definition) is 0. The summed E-state index contributed by atoms with van der Waals surface area (Å²) in [6, 6.07) is 3.00. The molecule has 0 amide bonds. The van der Waals surface area contributed by atoms with E-state index in [1.807, 2.05) is 0 Å². The van der Waals surface area contributed by atoms with E-state index in [1.165, 1.54) is 57.1 Å². The van der Waals surface area contributed by atoms with Crippen molar-refractivity contribution in [3.63, 3.8) is 0 Å². The normalized spacial score (nSPS) is 29.8. The second kappa shape index (κ2) is 8.71. The van der Waals surface area contributed by atoms with Gasteiger partial charge in [-0.25, -0.2) is 8.78 Å². The summed E-state index contributed by atoms with van der Waals surface area (Å²) in [6.45, 7) is 5.87. The van der Waals surface area contributed by atoms with Crippen LogP contribution < -0.4 is 4.74 Å². The van der Waals surface area contributed by atoms with Crippen molar-refractivity contribution in [2.45, 2.75) is 90.6 Å². The fourth-order valence-electron chi connectivity index (χ4n) is 5.16. The molecule has 1 aromatic carbocycles. The molecular formula is C23H34F2O. The van der Waals surface area contributed by atoms with Crippen molar-refractivity contribution in [3.05, 3.63) is 29.3 Å². The van der Waals surface area contributed by atoms with Crippen molar-refractivity contribution in [1.29, 1.82) is 0 Å². The molecule has 1 nitrogen and oxygen atoms in total. The molecule has 26 heavy (non-hydrogen) atoms. The number of rotatable bonds is 5. The minimum atomic E-state index is -0.561. The van der Waals surface area contributed by atoms with Gasteiger partial charge in [0.15, 0.2) is 17.4 Å². The minimum absolute atomic E-state index is 0.231. The van der Waals surface area contributed by atoms with E-state index < -0.39 is 11.6 Å². The summed E-state index contributed by atoms with van der Waals surface area (Å²) < 4.78 is 33.9. The Bertz CT molecular complexity index is 559. The highest BCUT2D eigenvalue weighted by molar-refractivity contribution is 5.33. The Morgan fingerprint density at radius 3 is 1.85 bits per heavy atom. The molecule has 0 heterocycles. The first-order valence-electron chi connectivity index (χ1n) is 10.6. The summed E-state index contributed by atoms with van der Waals surface area (Å²) in [5, 5.41) is 0. The van der Waals surface area contributed by atoms with Gasteiger partial charge < -0.3 is 4.74 Å². The van der Waals surface area contributed by atoms with Crippen LogP contribution in [0.2, 0.25) is 0 Å². The molecule has 2 aliphatic rings. The molecule has 0 radical (unpaired) electrons. The molecule has 0 aromatic heterocycles. The Morgan fingerprint density at radius 2 is 1.38 bits per heavy atom. The van der Waals surface area contributed by atoms with E-state index in [1.54, 1.807) is 13.8 Å². The molecule has 2 fully saturated rings. The van der Waals surface area contributed by atoms with Crippen molar-refractivity contribution in [2.24, 2.45) is 17.8 Å². The molecule has 0 aliphatic heterocycles. The van der Waals surface area contributed by atoms with Crippen LogP contribution in [0.1, 0.15) is 90.0 Å². The van der Waals surface area contributed by atoms with E-state index in [-0.39, 0.29) is 17.8 Å². The van der Waals surface area contributed by atoms with E-state index in [9.17, 15) is 8.78 Å². The summed E-state index contributed by atoms with van der Waals surface area (Å²) in [7, 11) is 0. The highest BCUT2D eigenvalue weighted by Gasteiger charge is 2.31. The molecule has 2 saturated carbocycles. The fraction of sp³-hybridized carbons (Fsp3) is 0.739. The van der Waals surface area contributed by atoms with Crippen LogP contribution in [0.25, 0.3) is 0 Å². The van der Waals surface area contributed by atoms with Gasteiger partial charge in [0.25, 0.3) is 0 Å². The van der Waals surface area contributed by atoms with Gasteiger partial charge in [-0.2, -0.15) is 0 Å². The molecule has 0 bridgehead atoms. The van der Waals surface area contributed by atoms with E-state index in [0.29, 0.717) is 0 Å². The van der Waals surface area contributed by atoms with Crippen LogP contribution in [0.5, 0.6) is 5.75 Å². The Hall–Kier alpha value is -1.12. The molecule has 146 valence electrons. The lowest BCUT2D eigenvalue weighted by Gasteiger charge is -2.38. The van der Waals surface area contributed by atoms with Gasteiger partial charge in [-0.1, -0.05) is 26.2 Å². The zero-order chi connectivity index (χ0) is 18.7. The van der Waals surface area contributed by atoms with Gasteiger partial charge in [0.2, 0.25) is 0 Å². The highest BCUT2D eigenvalue weighted by Crippen LogP contribution is 2.44. The Labute approximate surface area is 157 Å². The predicted octanol–water partition coefficient (Wildman–Crippen LogP) is 7.24. The molecule has 3 heteroatoms. The molecule has 0 unspecified atom stereocenters. The maximum Gasteiger partial charge on any atom is 0.191 e. The number of ether oxygens (including phenoxy) is 1. The van der Waals surface area contributed by atoms with E-state index in [4.69, 9.17) is 4.74 Å². The average molecular weight is 365 g/mol. The number of hydrogen-bond acceptors (Lipinski definition) is 1. The van der Waals surface area contributed by atoms with Crippen LogP contribution in [-0.2, 0) is 0 Å². The number of benzene rings is 1. The number of halogens is 2. The van der Waals surface area contributed by atoms with Crippen LogP contribution in [0.15, 0.2) is 12.1 Å². The van der Waals surface area contributed by atoms with Gasteiger partial charge in [0, 0.05) is 0 Å². The van der Waals surface area contributed by atoms with Gasteiger partial charge >= 0.3 is 0 Å². The van der Waals surface area contributed by atoms with Crippen LogP contribution in [0.4, 0.5) is 8.78 Å². The smallest absolute Gasteiger partial charge is 0.191 e. The van der Waals surface area contributed by atoms with Crippen molar-refractivity contribution in [3.8, 4) is 5.75 Å². The second-order valence-corrected chi connectivity index (χ2v) is 8.78. The first-order valence-corrected chi connectivity index (χ1v) is 10.6. The van der Waals surface area contributed by atoms with Crippen LogP contribution in [0, 0.1) is 29.4 Å². The lowest BCUT2D eigenvalue weighted by Crippen LogP contribution is -2.25. The second-order valence-electron chi connectivity index (χ2n) is 8.78. The first-order chi connectivity index (χ1) is 12.5. The van der Waals surface area contributed by atoms with Gasteiger partial charge in [-0.15, -0.1) is 0 Å². The Balaban J connectivity index is 1.58. The maximum absolute atomic E-state index is 14.3. The lowest BCUT2D eigenvalue weighted by atomic mass is 9.68. The zero-order valence-electron chi connectivity index (χ0n) is 16.6. The van der Waals surface area contributed by atoms with Gasteiger partial charge in [-0.3, -0.25) is 0 Å². The summed E-state index contributed by atoms with van der Waals surface area (Å²) in [6.07, 6.45) is 11.2. The molecule has 0 spiro atoms. The molecule has 0 atom stereocenters. The minimum Gasteiger partial charge on any atom is -0.485 e. The molecule has 0 N–H and O–H groups in total. The zero-order valence-corrected chi connectivity index (χ0v) is 16.6. The predicted molar refractivity (Wildman–Crippen MR) is 103 cm³/mol. The molecule has 3 rings (SSSR count). The largest absolute Gasteiger partial charge is 0.485 e. The molecular weight excluding hydrogens is 330 g/mol. The van der Waals surface area contributed by atoms with Crippen molar-refractivity contribution in [2.75, 3.05) is 0 Å². The quantitative estimate of drug-likeness (QED) is 0.535. The van der Waals surface area contributed by atoms with Gasteiger partial charge in [0.1, 0.15) is 0 Å². The average Bonchev–Trinajstić information content (AvgIpc) is 2.64. The van der Waals surface area contributed by atoms with Crippen LogP contribution in [-0.4, -0.2) is 6.10 Å². The van der Waals surface area contributed by atoms with Crippen molar-refractivity contribution in [1.82, 2.24) is 0 Å². The molecule has 2 aliphatic carbocycles. The molecule has 0 saturated heterocycles. The Morgan fingerprint density at radius 1 is 0.885 bits per heavy atom. The maximum atomic E-state index is 14.3. The SMILES string of the molecule is CCC1CCC(C2CCC(c3cc(F)c(OC(C)C)c(F)c3)CC2)CC1. The summed E-state index contributed by atoms with van der Waals surface area (Å²) >= 11 is 0. The first kappa shape index (κ1) is 19.6. The van der Waals surface area contributed by atoms with E-state index in [2.05, 4.69) is 6.92 Å². The third-order valence-corrected chi connectivity index (χ3v) is 6.75. The van der Waals surface area contributed by atoms with E-state index >= 15 is 0 Å². The van der Waals surface area contributed by atoms with E-state index in [0.717, 1.165) is 36.2 Å². The summed E-state index contributed by atoms with van der Waals surface area (Å²) in [4.78, 5) is 0. The highest BCUT2D eigenvalue weighted by atomic mass is 19.1. The van der Waals surface area contributed by atoms with Crippen molar-refractivity contribution < 1.29 is 13.5 Å². The standard InChI is InChI=1S/C23H34F2O/c1-4-16-5-7-17(8-6-16)18-9-11-19(12-10-18)20-13-21(24)23(22(25)14-20)26-15(2)3/h13-19H,4-12H2,1-3H3. The summed E-state index contributed by atoms with van der Waals surface area (Å²) in [5.74, 6) is 1.58.